The van der Waals surface area contributed by atoms with Gasteiger partial charge in [0.05, 0.1) is 5.69 Å². The van der Waals surface area contributed by atoms with E-state index in [-0.39, 0.29) is 5.91 Å². The zero-order valence-corrected chi connectivity index (χ0v) is 9.95. The van der Waals surface area contributed by atoms with Gasteiger partial charge in [0, 0.05) is 11.6 Å². The molecule has 0 atom stereocenters. The summed E-state index contributed by atoms with van der Waals surface area (Å²) in [7, 11) is 0. The van der Waals surface area contributed by atoms with E-state index in [4.69, 9.17) is 11.6 Å². The van der Waals surface area contributed by atoms with E-state index in [1.807, 2.05) is 18.2 Å². The second-order valence-electron chi connectivity index (χ2n) is 3.53. The number of aryl methyl sites for hydroxylation is 1. The number of nitrogens with zero attached hydrogens (tertiary/aromatic N) is 2. The Labute approximate surface area is 103 Å². The fraction of sp³-hybridized carbons (Fsp3) is 0.182. The lowest BCUT2D eigenvalue weighted by Gasteiger charge is -2.05. The highest BCUT2D eigenvalue weighted by Gasteiger charge is 2.12. The molecule has 2 N–H and O–H groups in total. The molecule has 0 bridgehead atoms. The van der Waals surface area contributed by atoms with Gasteiger partial charge in [-0.2, -0.15) is 15.4 Å². The molecule has 88 valence electrons. The zero-order valence-electron chi connectivity index (χ0n) is 9.20. The van der Waals surface area contributed by atoms with Crippen LogP contribution in [0.25, 0.3) is 0 Å². The monoisotopic (exact) mass is 250 g/mol. The molecule has 2 rings (SSSR count). The SMILES string of the molecule is Cc1n[nH]nc1C(=O)NCc1ccccc1Cl. The Hall–Kier alpha value is -1.88. The standard InChI is InChI=1S/C11H11ClN4O/c1-7-10(15-16-14-7)11(17)13-6-8-4-2-3-5-9(8)12/h2-5H,6H2,1H3,(H,13,17)(H,14,15,16). The fourth-order valence-corrected chi connectivity index (χ4v) is 1.60. The minimum absolute atomic E-state index is 0.267. The highest BCUT2D eigenvalue weighted by atomic mass is 35.5. The summed E-state index contributed by atoms with van der Waals surface area (Å²) in [5.41, 5.74) is 1.74. The molecule has 1 amide bonds. The third kappa shape index (κ3) is 2.62. The number of rotatable bonds is 3. The van der Waals surface area contributed by atoms with Gasteiger partial charge in [-0.05, 0) is 18.6 Å². The number of benzene rings is 1. The summed E-state index contributed by atoms with van der Waals surface area (Å²) >= 11 is 5.98. The molecule has 5 nitrogen and oxygen atoms in total. The first kappa shape index (κ1) is 11.6. The van der Waals surface area contributed by atoms with Crippen molar-refractivity contribution in [2.45, 2.75) is 13.5 Å². The number of carbonyl (C=O) groups excluding carboxylic acids is 1. The molecule has 0 aliphatic rings. The van der Waals surface area contributed by atoms with Crippen LogP contribution in [0.5, 0.6) is 0 Å². The molecular weight excluding hydrogens is 240 g/mol. The maximum absolute atomic E-state index is 11.7. The summed E-state index contributed by atoms with van der Waals surface area (Å²) < 4.78 is 0. The van der Waals surface area contributed by atoms with Crippen LogP contribution in [-0.2, 0) is 6.54 Å². The topological polar surface area (TPSA) is 70.7 Å². The summed E-state index contributed by atoms with van der Waals surface area (Å²) in [6.45, 7) is 2.08. The average molecular weight is 251 g/mol. The van der Waals surface area contributed by atoms with Crippen LogP contribution in [0.4, 0.5) is 0 Å². The minimum Gasteiger partial charge on any atom is -0.346 e. The Morgan fingerprint density at radius 2 is 2.18 bits per heavy atom. The third-order valence-electron chi connectivity index (χ3n) is 2.33. The summed E-state index contributed by atoms with van der Waals surface area (Å²) in [5.74, 6) is -0.267. The van der Waals surface area contributed by atoms with E-state index >= 15 is 0 Å². The van der Waals surface area contributed by atoms with E-state index in [0.29, 0.717) is 23.0 Å². The highest BCUT2D eigenvalue weighted by molar-refractivity contribution is 6.31. The number of aromatic nitrogens is 3. The van der Waals surface area contributed by atoms with Crippen LogP contribution in [0.15, 0.2) is 24.3 Å². The Morgan fingerprint density at radius 3 is 2.82 bits per heavy atom. The van der Waals surface area contributed by atoms with Gasteiger partial charge in [0.15, 0.2) is 5.69 Å². The number of carbonyl (C=O) groups is 1. The minimum atomic E-state index is -0.267. The van der Waals surface area contributed by atoms with Crippen molar-refractivity contribution in [2.75, 3.05) is 0 Å². The number of hydrogen-bond acceptors (Lipinski definition) is 3. The largest absolute Gasteiger partial charge is 0.346 e. The number of halogens is 1. The first-order valence-electron chi connectivity index (χ1n) is 5.07. The van der Waals surface area contributed by atoms with Crippen LogP contribution in [0.2, 0.25) is 5.02 Å². The molecule has 6 heteroatoms. The predicted octanol–water partition coefficient (Wildman–Crippen LogP) is 1.70. The quantitative estimate of drug-likeness (QED) is 0.871. The summed E-state index contributed by atoms with van der Waals surface area (Å²) in [5, 5.41) is 13.3. The van der Waals surface area contributed by atoms with Gasteiger partial charge in [-0.3, -0.25) is 4.79 Å². The summed E-state index contributed by atoms with van der Waals surface area (Å²) in [4.78, 5) is 11.7. The van der Waals surface area contributed by atoms with E-state index in [9.17, 15) is 4.79 Å². The Balaban J connectivity index is 2.02. The second kappa shape index (κ2) is 4.97. The molecule has 0 saturated heterocycles. The molecule has 0 aliphatic heterocycles. The molecule has 0 fully saturated rings. The lowest BCUT2D eigenvalue weighted by atomic mass is 10.2. The Bertz CT molecular complexity index is 538. The molecule has 17 heavy (non-hydrogen) atoms. The first-order chi connectivity index (χ1) is 8.18. The van der Waals surface area contributed by atoms with Crippen molar-refractivity contribution in [3.63, 3.8) is 0 Å². The number of H-pyrrole nitrogens is 1. The van der Waals surface area contributed by atoms with Crippen molar-refractivity contribution in [3.8, 4) is 0 Å². The lowest BCUT2D eigenvalue weighted by Crippen LogP contribution is -2.24. The van der Waals surface area contributed by atoms with Crippen LogP contribution in [0.3, 0.4) is 0 Å². The molecule has 2 aromatic rings. The van der Waals surface area contributed by atoms with Gasteiger partial charge in [-0.15, -0.1) is 0 Å². The van der Waals surface area contributed by atoms with Crippen molar-refractivity contribution in [3.05, 3.63) is 46.2 Å². The van der Waals surface area contributed by atoms with E-state index in [1.165, 1.54) is 0 Å². The second-order valence-corrected chi connectivity index (χ2v) is 3.94. The third-order valence-corrected chi connectivity index (χ3v) is 2.70. The first-order valence-corrected chi connectivity index (χ1v) is 5.45. The molecule has 1 heterocycles. The molecule has 0 unspecified atom stereocenters. The average Bonchev–Trinajstić information content (AvgIpc) is 2.74. The lowest BCUT2D eigenvalue weighted by molar-refractivity contribution is 0.0945. The normalized spacial score (nSPS) is 10.2. The maximum Gasteiger partial charge on any atom is 0.274 e. The van der Waals surface area contributed by atoms with Crippen molar-refractivity contribution in [2.24, 2.45) is 0 Å². The van der Waals surface area contributed by atoms with Crippen molar-refractivity contribution < 1.29 is 4.79 Å². The van der Waals surface area contributed by atoms with Gasteiger partial charge in [0.2, 0.25) is 0 Å². The fourth-order valence-electron chi connectivity index (χ4n) is 1.40. The highest BCUT2D eigenvalue weighted by Crippen LogP contribution is 2.14. The van der Waals surface area contributed by atoms with Crippen molar-refractivity contribution in [1.29, 1.82) is 0 Å². The maximum atomic E-state index is 11.7. The van der Waals surface area contributed by atoms with Crippen molar-refractivity contribution in [1.82, 2.24) is 20.7 Å². The predicted molar refractivity (Wildman–Crippen MR) is 63.7 cm³/mol. The molecule has 0 spiro atoms. The number of aromatic amines is 1. The Kier molecular flexibility index (Phi) is 3.39. The van der Waals surface area contributed by atoms with Crippen LogP contribution >= 0.6 is 11.6 Å². The van der Waals surface area contributed by atoms with Crippen LogP contribution in [-0.4, -0.2) is 21.3 Å². The van der Waals surface area contributed by atoms with Crippen LogP contribution in [0.1, 0.15) is 21.7 Å². The molecule has 1 aromatic carbocycles. The number of hydrogen-bond donors (Lipinski definition) is 2. The van der Waals surface area contributed by atoms with Gasteiger partial charge in [0.1, 0.15) is 0 Å². The summed E-state index contributed by atoms with van der Waals surface area (Å²) in [6, 6.07) is 7.35. The smallest absolute Gasteiger partial charge is 0.274 e. The van der Waals surface area contributed by atoms with E-state index < -0.39 is 0 Å². The van der Waals surface area contributed by atoms with Crippen LogP contribution in [0, 0.1) is 6.92 Å². The molecule has 0 aliphatic carbocycles. The van der Waals surface area contributed by atoms with Crippen molar-refractivity contribution >= 4 is 17.5 Å². The van der Waals surface area contributed by atoms with Gasteiger partial charge in [-0.1, -0.05) is 29.8 Å². The van der Waals surface area contributed by atoms with E-state index in [2.05, 4.69) is 20.7 Å². The van der Waals surface area contributed by atoms with Gasteiger partial charge >= 0.3 is 0 Å². The van der Waals surface area contributed by atoms with E-state index in [1.54, 1.807) is 13.0 Å². The van der Waals surface area contributed by atoms with Gasteiger partial charge in [0.25, 0.3) is 5.91 Å². The summed E-state index contributed by atoms with van der Waals surface area (Å²) in [6.07, 6.45) is 0. The zero-order chi connectivity index (χ0) is 12.3. The number of nitrogens with one attached hydrogen (secondary N) is 2. The molecule has 0 radical (unpaired) electrons. The van der Waals surface area contributed by atoms with Gasteiger partial charge in [-0.25, -0.2) is 0 Å². The molecule has 1 aromatic heterocycles. The van der Waals surface area contributed by atoms with Gasteiger partial charge < -0.3 is 5.32 Å². The number of amides is 1. The van der Waals surface area contributed by atoms with E-state index in [0.717, 1.165) is 5.56 Å². The molecule has 0 saturated carbocycles. The Morgan fingerprint density at radius 1 is 1.41 bits per heavy atom. The van der Waals surface area contributed by atoms with Crippen LogP contribution < -0.4 is 5.32 Å². The molecular formula is C11H11ClN4O.